The van der Waals surface area contributed by atoms with E-state index >= 15 is 0 Å². The van der Waals surface area contributed by atoms with Gasteiger partial charge in [0.15, 0.2) is 0 Å². The lowest BCUT2D eigenvalue weighted by molar-refractivity contribution is -0.137. The van der Waals surface area contributed by atoms with Crippen molar-refractivity contribution in [3.63, 3.8) is 0 Å². The summed E-state index contributed by atoms with van der Waals surface area (Å²) in [7, 11) is 1.62. The van der Waals surface area contributed by atoms with Crippen LogP contribution in [0.2, 0.25) is 0 Å². The van der Waals surface area contributed by atoms with Gasteiger partial charge in [-0.25, -0.2) is 0 Å². The highest BCUT2D eigenvalue weighted by molar-refractivity contribution is 5.85. The first kappa shape index (κ1) is 13.9. The normalized spacial score (nSPS) is 27.7. The Balaban J connectivity index is 2.17. The molecule has 106 valence electrons. The van der Waals surface area contributed by atoms with Crippen LogP contribution < -0.4 is 11.1 Å². The summed E-state index contributed by atoms with van der Waals surface area (Å²) in [5.41, 5.74) is 3.71. The fourth-order valence-corrected chi connectivity index (χ4v) is 2.50. The number of likely N-dealkylation sites (N-methyl/N-ethyl adjacent to an activating group) is 1. The first-order valence-corrected chi connectivity index (χ1v) is 5.89. The number of hydrogen-bond donors (Lipinski definition) is 2. The van der Waals surface area contributed by atoms with Crippen LogP contribution in [0.5, 0.6) is 0 Å². The van der Waals surface area contributed by atoms with Crippen molar-refractivity contribution < 1.29 is 18.0 Å². The molecule has 1 amide bonds. The maximum Gasteiger partial charge on any atom is 0.419 e. The number of alkyl halides is 3. The zero-order valence-corrected chi connectivity index (χ0v) is 10.4. The molecule has 19 heavy (non-hydrogen) atoms. The van der Waals surface area contributed by atoms with Crippen molar-refractivity contribution in [3.05, 3.63) is 18.0 Å². The quantitative estimate of drug-likeness (QED) is 0.867. The zero-order chi connectivity index (χ0) is 14.3. The van der Waals surface area contributed by atoms with Crippen LogP contribution in [0.3, 0.4) is 0 Å². The molecular formula is C11H15F3N4O. The van der Waals surface area contributed by atoms with Crippen LogP contribution >= 0.6 is 0 Å². The van der Waals surface area contributed by atoms with E-state index in [4.69, 9.17) is 5.73 Å². The van der Waals surface area contributed by atoms with Gasteiger partial charge in [0.2, 0.25) is 5.91 Å². The molecule has 0 aromatic carbocycles. The summed E-state index contributed by atoms with van der Waals surface area (Å²) in [6.45, 7) is 0. The summed E-state index contributed by atoms with van der Waals surface area (Å²) in [5, 5.41) is 6.62. The molecule has 1 aliphatic carbocycles. The van der Waals surface area contributed by atoms with E-state index in [1.165, 1.54) is 4.68 Å². The summed E-state index contributed by atoms with van der Waals surface area (Å²) in [6, 6.07) is -0.254. The van der Waals surface area contributed by atoms with Crippen LogP contribution in [0.25, 0.3) is 0 Å². The van der Waals surface area contributed by atoms with Crippen molar-refractivity contribution in [1.82, 2.24) is 15.1 Å². The third kappa shape index (κ3) is 2.44. The number of nitrogens with zero attached hydrogens (tertiary/aromatic N) is 2. The van der Waals surface area contributed by atoms with Crippen LogP contribution in [-0.2, 0) is 11.0 Å². The van der Waals surface area contributed by atoms with Gasteiger partial charge in [-0.3, -0.25) is 9.48 Å². The van der Waals surface area contributed by atoms with Crippen LogP contribution in [0.4, 0.5) is 13.2 Å². The van der Waals surface area contributed by atoms with Gasteiger partial charge in [0.05, 0.1) is 23.3 Å². The Morgan fingerprint density at radius 3 is 2.74 bits per heavy atom. The molecule has 2 unspecified atom stereocenters. The van der Waals surface area contributed by atoms with E-state index in [0.717, 1.165) is 12.4 Å². The van der Waals surface area contributed by atoms with Crippen LogP contribution in [-0.4, -0.2) is 28.3 Å². The summed E-state index contributed by atoms with van der Waals surface area (Å²) in [5.74, 6) is -0.485. The van der Waals surface area contributed by atoms with Gasteiger partial charge in [-0.1, -0.05) is 0 Å². The standard InChI is InChI=1S/C11H15F3N4O/c1-16-10(9(15)19)3-2-8(4-10)18-6-7(5-17-18)11(12,13)14/h5-6,8,16H,2-4H2,1H3,(H2,15,19). The average Bonchev–Trinajstić information content (AvgIpc) is 2.95. The number of rotatable bonds is 3. The van der Waals surface area contributed by atoms with Gasteiger partial charge in [0, 0.05) is 6.20 Å². The predicted octanol–water partition coefficient (Wildman–Crippen LogP) is 1.07. The minimum atomic E-state index is -4.40. The predicted molar refractivity (Wildman–Crippen MR) is 61.1 cm³/mol. The smallest absolute Gasteiger partial charge is 0.368 e. The number of nitrogens with two attached hydrogens (primary N) is 1. The Kier molecular flexibility index (Phi) is 3.29. The van der Waals surface area contributed by atoms with E-state index < -0.39 is 23.2 Å². The Bertz CT molecular complexity index is 485. The third-order valence-electron chi connectivity index (χ3n) is 3.74. The number of primary amides is 1. The van der Waals surface area contributed by atoms with Gasteiger partial charge in [-0.15, -0.1) is 0 Å². The molecule has 2 atom stereocenters. The molecule has 3 N–H and O–H groups in total. The number of carbonyl (C=O) groups excluding carboxylic acids is 1. The Hall–Kier alpha value is -1.57. The Morgan fingerprint density at radius 2 is 2.32 bits per heavy atom. The van der Waals surface area contributed by atoms with Crippen molar-refractivity contribution in [2.75, 3.05) is 7.05 Å². The monoisotopic (exact) mass is 276 g/mol. The van der Waals surface area contributed by atoms with Crippen molar-refractivity contribution in [1.29, 1.82) is 0 Å². The maximum atomic E-state index is 12.5. The van der Waals surface area contributed by atoms with Gasteiger partial charge < -0.3 is 11.1 Å². The van der Waals surface area contributed by atoms with Crippen LogP contribution in [0.1, 0.15) is 30.9 Å². The van der Waals surface area contributed by atoms with E-state index in [0.29, 0.717) is 19.3 Å². The summed E-state index contributed by atoms with van der Waals surface area (Å²) >= 11 is 0. The first-order chi connectivity index (χ1) is 8.78. The number of aromatic nitrogens is 2. The molecule has 1 aromatic heterocycles. The zero-order valence-electron chi connectivity index (χ0n) is 10.4. The van der Waals surface area contributed by atoms with Crippen molar-refractivity contribution in [3.8, 4) is 0 Å². The molecule has 1 fully saturated rings. The molecule has 0 radical (unpaired) electrons. The third-order valence-corrected chi connectivity index (χ3v) is 3.74. The fourth-order valence-electron chi connectivity index (χ4n) is 2.50. The molecule has 0 aliphatic heterocycles. The number of carbonyl (C=O) groups is 1. The minimum Gasteiger partial charge on any atom is -0.368 e. The lowest BCUT2D eigenvalue weighted by Crippen LogP contribution is -2.52. The molecule has 5 nitrogen and oxygen atoms in total. The van der Waals surface area contributed by atoms with Gasteiger partial charge in [-0.2, -0.15) is 18.3 Å². The van der Waals surface area contributed by atoms with Crippen LogP contribution in [0, 0.1) is 0 Å². The van der Waals surface area contributed by atoms with E-state index in [-0.39, 0.29) is 6.04 Å². The van der Waals surface area contributed by atoms with Crippen molar-refractivity contribution in [2.45, 2.75) is 37.0 Å². The lowest BCUT2D eigenvalue weighted by atomic mass is 9.97. The second-order valence-electron chi connectivity index (χ2n) is 4.80. The Labute approximate surface area is 108 Å². The average molecular weight is 276 g/mol. The van der Waals surface area contributed by atoms with Crippen molar-refractivity contribution >= 4 is 5.91 Å². The van der Waals surface area contributed by atoms with Gasteiger partial charge in [0.25, 0.3) is 0 Å². The molecule has 1 aliphatic rings. The molecule has 1 heterocycles. The Morgan fingerprint density at radius 1 is 1.63 bits per heavy atom. The number of amides is 1. The van der Waals surface area contributed by atoms with Gasteiger partial charge in [-0.05, 0) is 26.3 Å². The first-order valence-electron chi connectivity index (χ1n) is 5.89. The number of nitrogens with one attached hydrogen (secondary N) is 1. The topological polar surface area (TPSA) is 72.9 Å². The van der Waals surface area contributed by atoms with Gasteiger partial charge in [0.1, 0.15) is 0 Å². The van der Waals surface area contributed by atoms with Crippen molar-refractivity contribution in [2.24, 2.45) is 5.73 Å². The largest absolute Gasteiger partial charge is 0.419 e. The molecular weight excluding hydrogens is 261 g/mol. The molecule has 0 spiro atoms. The number of halogens is 3. The SMILES string of the molecule is CNC1(C(N)=O)CCC(n2cc(C(F)(F)F)cn2)C1. The second kappa shape index (κ2) is 4.52. The molecule has 1 saturated carbocycles. The molecule has 8 heteroatoms. The van der Waals surface area contributed by atoms with Gasteiger partial charge >= 0.3 is 6.18 Å². The number of hydrogen-bond acceptors (Lipinski definition) is 3. The van der Waals surface area contributed by atoms with E-state index in [1.807, 2.05) is 0 Å². The molecule has 1 aromatic rings. The highest BCUT2D eigenvalue weighted by atomic mass is 19.4. The highest BCUT2D eigenvalue weighted by Crippen LogP contribution is 2.38. The van der Waals surface area contributed by atoms with E-state index in [2.05, 4.69) is 10.4 Å². The minimum absolute atomic E-state index is 0.254. The highest BCUT2D eigenvalue weighted by Gasteiger charge is 2.44. The molecule has 0 bridgehead atoms. The van der Waals surface area contributed by atoms with E-state index in [1.54, 1.807) is 7.05 Å². The van der Waals surface area contributed by atoms with Crippen LogP contribution in [0.15, 0.2) is 12.4 Å². The second-order valence-corrected chi connectivity index (χ2v) is 4.80. The fraction of sp³-hybridized carbons (Fsp3) is 0.636. The molecule has 2 rings (SSSR count). The summed E-state index contributed by atoms with van der Waals surface area (Å²) < 4.78 is 38.8. The summed E-state index contributed by atoms with van der Waals surface area (Å²) in [4.78, 5) is 11.4. The van der Waals surface area contributed by atoms with E-state index in [9.17, 15) is 18.0 Å². The lowest BCUT2D eigenvalue weighted by Gasteiger charge is -2.24. The summed E-state index contributed by atoms with van der Waals surface area (Å²) in [6.07, 6.45) is -1.24. The molecule has 0 saturated heterocycles. The maximum absolute atomic E-state index is 12.5.